The van der Waals surface area contributed by atoms with E-state index >= 15 is 0 Å². The molecule has 0 aliphatic carbocycles. The molecule has 3 nitrogen and oxygen atoms in total. The van der Waals surface area contributed by atoms with E-state index < -0.39 is 0 Å². The zero-order valence-corrected chi connectivity index (χ0v) is 15.8. The summed E-state index contributed by atoms with van der Waals surface area (Å²) in [6.45, 7) is 2.29. The number of ether oxygens (including phenoxy) is 2. The maximum absolute atomic E-state index is 13.0. The minimum atomic E-state index is -0.286. The predicted octanol–water partition coefficient (Wildman–Crippen LogP) is 6.13. The number of nitrogens with zero attached hydrogens (tertiary/aromatic N) is 1. The van der Waals surface area contributed by atoms with E-state index in [0.717, 1.165) is 16.8 Å². The van der Waals surface area contributed by atoms with Crippen molar-refractivity contribution in [2.75, 3.05) is 7.11 Å². The fourth-order valence-corrected chi connectivity index (χ4v) is 2.74. The lowest BCUT2D eigenvalue weighted by molar-refractivity contribution is 0.284. The molecule has 0 fully saturated rings. The van der Waals surface area contributed by atoms with Crippen LogP contribution in [0.25, 0.3) is 0 Å². The Morgan fingerprint density at radius 3 is 2.41 bits per heavy atom. The number of benzene rings is 3. The lowest BCUT2D eigenvalue weighted by atomic mass is 10.2. The van der Waals surface area contributed by atoms with Gasteiger partial charge in [-0.05, 0) is 54.4 Å². The smallest absolute Gasteiger partial charge is 0.180 e. The van der Waals surface area contributed by atoms with Crippen LogP contribution in [0, 0.1) is 12.7 Å². The molecule has 0 saturated carbocycles. The van der Waals surface area contributed by atoms with E-state index in [1.165, 1.54) is 17.7 Å². The van der Waals surface area contributed by atoms with Crippen molar-refractivity contribution in [1.29, 1.82) is 0 Å². The van der Waals surface area contributed by atoms with E-state index in [-0.39, 0.29) is 12.4 Å². The molecule has 0 spiro atoms. The number of aryl methyl sites for hydroxylation is 1. The second kappa shape index (κ2) is 8.69. The molecule has 0 amide bonds. The number of rotatable bonds is 6. The predicted molar refractivity (Wildman–Crippen MR) is 107 cm³/mol. The molecule has 27 heavy (non-hydrogen) atoms. The Morgan fingerprint density at radius 1 is 1.04 bits per heavy atom. The summed E-state index contributed by atoms with van der Waals surface area (Å²) >= 11 is 6.38. The van der Waals surface area contributed by atoms with Gasteiger partial charge in [0.1, 0.15) is 12.4 Å². The van der Waals surface area contributed by atoms with Gasteiger partial charge in [-0.15, -0.1) is 0 Å². The van der Waals surface area contributed by atoms with E-state index in [4.69, 9.17) is 21.1 Å². The van der Waals surface area contributed by atoms with Gasteiger partial charge in [0.15, 0.2) is 11.5 Å². The highest BCUT2D eigenvalue weighted by Gasteiger charge is 2.12. The molecule has 3 rings (SSSR count). The first-order chi connectivity index (χ1) is 13.0. The van der Waals surface area contributed by atoms with Crippen molar-refractivity contribution >= 4 is 23.5 Å². The number of methoxy groups -OCH3 is 1. The molecule has 3 aromatic rings. The summed E-state index contributed by atoms with van der Waals surface area (Å²) in [6, 6.07) is 17.6. The SMILES string of the molecule is COc1cc(C=Nc2ccc(C)cc2)cc(Cl)c1OCc1ccc(F)cc1. The highest BCUT2D eigenvalue weighted by Crippen LogP contribution is 2.36. The number of halogens is 2. The van der Waals surface area contributed by atoms with E-state index in [0.29, 0.717) is 16.5 Å². The van der Waals surface area contributed by atoms with E-state index in [2.05, 4.69) is 4.99 Å². The van der Waals surface area contributed by atoms with Crippen LogP contribution in [-0.2, 0) is 6.61 Å². The van der Waals surface area contributed by atoms with Crippen LogP contribution in [0.2, 0.25) is 5.02 Å². The molecular formula is C22H19ClFNO2. The molecule has 0 bridgehead atoms. The minimum Gasteiger partial charge on any atom is -0.493 e. The van der Waals surface area contributed by atoms with Gasteiger partial charge in [-0.1, -0.05) is 41.4 Å². The van der Waals surface area contributed by atoms with Crippen molar-refractivity contribution in [3.8, 4) is 11.5 Å². The van der Waals surface area contributed by atoms with Crippen LogP contribution in [0.3, 0.4) is 0 Å². The summed E-state index contributed by atoms with van der Waals surface area (Å²) in [6.07, 6.45) is 1.73. The van der Waals surface area contributed by atoms with E-state index in [9.17, 15) is 4.39 Å². The molecule has 0 radical (unpaired) electrons. The summed E-state index contributed by atoms with van der Waals surface area (Å²) in [4.78, 5) is 4.45. The van der Waals surface area contributed by atoms with Crippen LogP contribution >= 0.6 is 11.6 Å². The molecule has 0 aliphatic rings. The zero-order chi connectivity index (χ0) is 19.2. The van der Waals surface area contributed by atoms with Crippen molar-refractivity contribution in [3.63, 3.8) is 0 Å². The van der Waals surface area contributed by atoms with Gasteiger partial charge < -0.3 is 9.47 Å². The fourth-order valence-electron chi connectivity index (χ4n) is 2.47. The van der Waals surface area contributed by atoms with Crippen molar-refractivity contribution in [2.24, 2.45) is 4.99 Å². The molecule has 0 saturated heterocycles. The molecule has 0 N–H and O–H groups in total. The van der Waals surface area contributed by atoms with Crippen molar-refractivity contribution < 1.29 is 13.9 Å². The second-order valence-corrected chi connectivity index (χ2v) is 6.45. The fraction of sp³-hybridized carbons (Fsp3) is 0.136. The summed E-state index contributed by atoms with van der Waals surface area (Å²) < 4.78 is 24.2. The topological polar surface area (TPSA) is 30.8 Å². The third-order valence-electron chi connectivity index (χ3n) is 3.94. The first kappa shape index (κ1) is 18.9. The highest BCUT2D eigenvalue weighted by atomic mass is 35.5. The third kappa shape index (κ3) is 5.08. The minimum absolute atomic E-state index is 0.257. The Hall–Kier alpha value is -2.85. The summed E-state index contributed by atoms with van der Waals surface area (Å²) in [5.74, 6) is 0.664. The van der Waals surface area contributed by atoms with Crippen LogP contribution in [0.15, 0.2) is 65.7 Å². The van der Waals surface area contributed by atoms with Crippen LogP contribution in [0.4, 0.5) is 10.1 Å². The average molecular weight is 384 g/mol. The first-order valence-corrected chi connectivity index (χ1v) is 8.78. The van der Waals surface area contributed by atoms with Gasteiger partial charge in [0.05, 0.1) is 17.8 Å². The van der Waals surface area contributed by atoms with Crippen molar-refractivity contribution in [1.82, 2.24) is 0 Å². The van der Waals surface area contributed by atoms with Crippen molar-refractivity contribution in [2.45, 2.75) is 13.5 Å². The maximum atomic E-state index is 13.0. The molecule has 138 valence electrons. The van der Waals surface area contributed by atoms with Gasteiger partial charge in [0, 0.05) is 6.21 Å². The molecule has 3 aromatic carbocycles. The summed E-state index contributed by atoms with van der Waals surface area (Å²) in [7, 11) is 1.55. The van der Waals surface area contributed by atoms with E-state index in [1.807, 2.05) is 37.3 Å². The van der Waals surface area contributed by atoms with Crippen LogP contribution in [-0.4, -0.2) is 13.3 Å². The average Bonchev–Trinajstić information content (AvgIpc) is 2.67. The Labute approximate surface area is 163 Å². The molecule has 5 heteroatoms. The molecular weight excluding hydrogens is 365 g/mol. The van der Waals surface area contributed by atoms with Gasteiger partial charge in [0.2, 0.25) is 0 Å². The van der Waals surface area contributed by atoms with Crippen LogP contribution < -0.4 is 9.47 Å². The molecule has 0 aliphatic heterocycles. The van der Waals surface area contributed by atoms with E-state index in [1.54, 1.807) is 31.5 Å². The summed E-state index contributed by atoms with van der Waals surface area (Å²) in [5.41, 5.74) is 3.67. The number of hydrogen-bond acceptors (Lipinski definition) is 3. The standard InChI is InChI=1S/C22H19ClFNO2/c1-15-3-9-19(10-4-15)25-13-17-11-20(23)22(21(12-17)26-2)27-14-16-5-7-18(24)8-6-16/h3-13H,14H2,1-2H3. The van der Waals surface area contributed by atoms with Gasteiger partial charge in [-0.2, -0.15) is 0 Å². The molecule has 0 unspecified atom stereocenters. The quantitative estimate of drug-likeness (QED) is 0.479. The zero-order valence-electron chi connectivity index (χ0n) is 15.1. The van der Waals surface area contributed by atoms with Gasteiger partial charge in [-0.25, -0.2) is 4.39 Å². The second-order valence-electron chi connectivity index (χ2n) is 6.04. The largest absolute Gasteiger partial charge is 0.493 e. The molecule has 0 heterocycles. The Balaban J connectivity index is 1.77. The number of aliphatic imine (C=N–C) groups is 1. The molecule has 0 aromatic heterocycles. The van der Waals surface area contributed by atoms with Gasteiger partial charge >= 0.3 is 0 Å². The normalized spacial score (nSPS) is 11.0. The lowest BCUT2D eigenvalue weighted by Crippen LogP contribution is -1.99. The van der Waals surface area contributed by atoms with Gasteiger partial charge in [0.25, 0.3) is 0 Å². The third-order valence-corrected chi connectivity index (χ3v) is 4.23. The number of hydrogen-bond donors (Lipinski definition) is 0. The van der Waals surface area contributed by atoms with Gasteiger partial charge in [-0.3, -0.25) is 4.99 Å². The molecule has 0 atom stereocenters. The Bertz CT molecular complexity index is 938. The highest BCUT2D eigenvalue weighted by molar-refractivity contribution is 6.32. The lowest BCUT2D eigenvalue weighted by Gasteiger charge is -2.13. The Kier molecular flexibility index (Phi) is 6.09. The first-order valence-electron chi connectivity index (χ1n) is 8.40. The maximum Gasteiger partial charge on any atom is 0.180 e. The Morgan fingerprint density at radius 2 is 1.74 bits per heavy atom. The monoisotopic (exact) mass is 383 g/mol. The van der Waals surface area contributed by atoms with Crippen molar-refractivity contribution in [3.05, 3.63) is 88.2 Å². The van der Waals surface area contributed by atoms with Crippen LogP contribution in [0.1, 0.15) is 16.7 Å². The summed E-state index contributed by atoms with van der Waals surface area (Å²) in [5, 5.41) is 0.418. The van der Waals surface area contributed by atoms with Crippen LogP contribution in [0.5, 0.6) is 11.5 Å².